The topological polar surface area (TPSA) is 72.8 Å². The van der Waals surface area contributed by atoms with Gasteiger partial charge in [-0.2, -0.15) is 0 Å². The van der Waals surface area contributed by atoms with Crippen LogP contribution in [-0.2, 0) is 6.54 Å². The van der Waals surface area contributed by atoms with E-state index in [-0.39, 0.29) is 23.8 Å². The molecule has 1 aliphatic rings. The zero-order valence-corrected chi connectivity index (χ0v) is 11.7. The number of urea groups is 1. The lowest BCUT2D eigenvalue weighted by Gasteiger charge is -2.34. The molecule has 5 nitrogen and oxygen atoms in total. The van der Waals surface area contributed by atoms with Gasteiger partial charge in [0.2, 0.25) is 0 Å². The van der Waals surface area contributed by atoms with Gasteiger partial charge in [0.15, 0.2) is 0 Å². The Kier molecular flexibility index (Phi) is 4.84. The van der Waals surface area contributed by atoms with E-state index < -0.39 is 0 Å². The van der Waals surface area contributed by atoms with Crippen LogP contribution in [0.5, 0.6) is 5.75 Å². The summed E-state index contributed by atoms with van der Waals surface area (Å²) in [5.41, 5.74) is 0.945. The first-order valence-electron chi connectivity index (χ1n) is 7.05. The molecule has 2 atom stereocenters. The number of aromatic hydroxyl groups is 1. The third-order valence-corrected chi connectivity index (χ3v) is 3.81. The molecule has 0 bridgehead atoms. The van der Waals surface area contributed by atoms with Crippen molar-refractivity contribution in [2.45, 2.75) is 32.4 Å². The number of phenols is 1. The molecule has 2 amide bonds. The molecule has 2 unspecified atom stereocenters. The largest absolute Gasteiger partial charge is 0.508 e. The Labute approximate surface area is 119 Å². The van der Waals surface area contributed by atoms with E-state index >= 15 is 0 Å². The van der Waals surface area contributed by atoms with Crippen LogP contribution in [0.25, 0.3) is 0 Å². The summed E-state index contributed by atoms with van der Waals surface area (Å²) < 4.78 is 0. The van der Waals surface area contributed by atoms with Crippen LogP contribution < -0.4 is 5.32 Å². The summed E-state index contributed by atoms with van der Waals surface area (Å²) in [5, 5.41) is 21.7. The molecule has 5 heteroatoms. The van der Waals surface area contributed by atoms with E-state index in [1.165, 1.54) is 0 Å². The van der Waals surface area contributed by atoms with Gasteiger partial charge in [-0.25, -0.2) is 4.79 Å². The highest BCUT2D eigenvalue weighted by molar-refractivity contribution is 5.74. The normalized spacial score (nSPS) is 20.5. The highest BCUT2D eigenvalue weighted by Crippen LogP contribution is 2.19. The maximum absolute atomic E-state index is 12.1. The summed E-state index contributed by atoms with van der Waals surface area (Å²) >= 11 is 0. The van der Waals surface area contributed by atoms with Crippen LogP contribution in [0, 0.1) is 5.92 Å². The Bertz CT molecular complexity index is 445. The first kappa shape index (κ1) is 14.7. The average molecular weight is 278 g/mol. The number of rotatable bonds is 3. The summed E-state index contributed by atoms with van der Waals surface area (Å²) in [5.74, 6) is 0.388. The molecule has 0 spiro atoms. The molecule has 1 saturated heterocycles. The first-order valence-corrected chi connectivity index (χ1v) is 7.05. The minimum Gasteiger partial charge on any atom is -0.508 e. The van der Waals surface area contributed by atoms with E-state index in [4.69, 9.17) is 0 Å². The summed E-state index contributed by atoms with van der Waals surface area (Å²) in [6, 6.07) is 6.68. The standard InChI is InChI=1S/C15H22N2O3/c1-11(18)13-3-2-8-17(10-13)15(20)16-9-12-4-6-14(19)7-5-12/h4-7,11,13,18-19H,2-3,8-10H2,1H3,(H,16,20). The molecule has 2 rings (SSSR count). The minimum atomic E-state index is -0.373. The van der Waals surface area contributed by atoms with Crippen LogP contribution in [0.3, 0.4) is 0 Å². The van der Waals surface area contributed by atoms with Gasteiger partial charge in [-0.3, -0.25) is 0 Å². The molecule has 0 saturated carbocycles. The summed E-state index contributed by atoms with van der Waals surface area (Å²) in [6.07, 6.45) is 1.53. The van der Waals surface area contributed by atoms with Crippen molar-refractivity contribution in [2.24, 2.45) is 5.92 Å². The smallest absolute Gasteiger partial charge is 0.317 e. The van der Waals surface area contributed by atoms with Gasteiger partial charge in [0.05, 0.1) is 6.10 Å². The van der Waals surface area contributed by atoms with E-state index in [2.05, 4.69) is 5.32 Å². The van der Waals surface area contributed by atoms with Crippen LogP contribution in [0.1, 0.15) is 25.3 Å². The minimum absolute atomic E-state index is 0.0941. The number of likely N-dealkylation sites (tertiary alicyclic amines) is 1. The molecule has 3 N–H and O–H groups in total. The maximum atomic E-state index is 12.1. The number of piperidine rings is 1. The Balaban J connectivity index is 1.83. The van der Waals surface area contributed by atoms with E-state index in [1.54, 1.807) is 36.1 Å². The molecule has 0 radical (unpaired) electrons. The molecular weight excluding hydrogens is 256 g/mol. The van der Waals surface area contributed by atoms with E-state index in [0.29, 0.717) is 13.1 Å². The fourth-order valence-electron chi connectivity index (χ4n) is 2.49. The predicted molar refractivity (Wildman–Crippen MR) is 76.3 cm³/mol. The Morgan fingerprint density at radius 1 is 1.45 bits per heavy atom. The number of phenolic OH excluding ortho intramolecular Hbond substituents is 1. The first-order chi connectivity index (χ1) is 9.56. The van der Waals surface area contributed by atoms with Gasteiger partial charge in [0.1, 0.15) is 5.75 Å². The van der Waals surface area contributed by atoms with Crippen LogP contribution in [0.15, 0.2) is 24.3 Å². The number of aliphatic hydroxyl groups is 1. The van der Waals surface area contributed by atoms with Gasteiger partial charge >= 0.3 is 6.03 Å². The number of amides is 2. The second-order valence-electron chi connectivity index (χ2n) is 5.41. The van der Waals surface area contributed by atoms with Crippen molar-refractivity contribution >= 4 is 6.03 Å². The van der Waals surface area contributed by atoms with Gasteiger partial charge in [0, 0.05) is 25.6 Å². The number of carbonyl (C=O) groups excluding carboxylic acids is 1. The highest BCUT2D eigenvalue weighted by Gasteiger charge is 2.26. The summed E-state index contributed by atoms with van der Waals surface area (Å²) in [6.45, 7) is 3.57. The van der Waals surface area contributed by atoms with Crippen molar-refractivity contribution in [3.8, 4) is 5.75 Å². The van der Waals surface area contributed by atoms with Crippen molar-refractivity contribution in [3.63, 3.8) is 0 Å². The summed E-state index contributed by atoms with van der Waals surface area (Å²) in [7, 11) is 0. The number of carbonyl (C=O) groups is 1. The fraction of sp³-hybridized carbons (Fsp3) is 0.533. The van der Waals surface area contributed by atoms with Crippen molar-refractivity contribution < 1.29 is 15.0 Å². The second-order valence-corrected chi connectivity index (χ2v) is 5.41. The quantitative estimate of drug-likeness (QED) is 0.788. The van der Waals surface area contributed by atoms with Crippen LogP contribution in [0.4, 0.5) is 4.79 Å². The molecule has 0 aromatic heterocycles. The van der Waals surface area contributed by atoms with E-state index in [9.17, 15) is 15.0 Å². The number of nitrogens with zero attached hydrogens (tertiary/aromatic N) is 1. The van der Waals surface area contributed by atoms with Crippen molar-refractivity contribution in [1.29, 1.82) is 0 Å². The van der Waals surface area contributed by atoms with Crippen LogP contribution in [0.2, 0.25) is 0 Å². The lowest BCUT2D eigenvalue weighted by molar-refractivity contribution is 0.0738. The predicted octanol–water partition coefficient (Wildman–Crippen LogP) is 1.69. The van der Waals surface area contributed by atoms with Gasteiger partial charge in [-0.1, -0.05) is 12.1 Å². The lowest BCUT2D eigenvalue weighted by Crippen LogP contribution is -2.47. The molecule has 20 heavy (non-hydrogen) atoms. The van der Waals surface area contributed by atoms with Crippen molar-refractivity contribution in [2.75, 3.05) is 13.1 Å². The molecule has 110 valence electrons. The maximum Gasteiger partial charge on any atom is 0.317 e. The molecule has 1 aliphatic heterocycles. The molecule has 1 aromatic carbocycles. The fourth-order valence-corrected chi connectivity index (χ4v) is 2.49. The molecule has 1 heterocycles. The third-order valence-electron chi connectivity index (χ3n) is 3.81. The Hall–Kier alpha value is -1.75. The molecule has 1 fully saturated rings. The number of hydrogen-bond acceptors (Lipinski definition) is 3. The zero-order chi connectivity index (χ0) is 14.5. The van der Waals surface area contributed by atoms with Crippen LogP contribution in [-0.4, -0.2) is 40.3 Å². The average Bonchev–Trinajstić information content (AvgIpc) is 2.46. The SMILES string of the molecule is CC(O)C1CCCN(C(=O)NCc2ccc(O)cc2)C1. The number of hydrogen-bond donors (Lipinski definition) is 3. The number of aliphatic hydroxyl groups excluding tert-OH is 1. The van der Waals surface area contributed by atoms with Crippen LogP contribution >= 0.6 is 0 Å². The molecule has 1 aromatic rings. The Morgan fingerprint density at radius 2 is 2.15 bits per heavy atom. The van der Waals surface area contributed by atoms with Gasteiger partial charge in [-0.05, 0) is 37.5 Å². The van der Waals surface area contributed by atoms with Crippen molar-refractivity contribution in [3.05, 3.63) is 29.8 Å². The van der Waals surface area contributed by atoms with Gasteiger partial charge < -0.3 is 20.4 Å². The molecular formula is C15H22N2O3. The lowest BCUT2D eigenvalue weighted by atomic mass is 9.94. The second kappa shape index (κ2) is 6.61. The Morgan fingerprint density at radius 3 is 2.80 bits per heavy atom. The summed E-state index contributed by atoms with van der Waals surface area (Å²) in [4.78, 5) is 13.9. The van der Waals surface area contributed by atoms with E-state index in [1.807, 2.05) is 0 Å². The zero-order valence-electron chi connectivity index (χ0n) is 11.7. The van der Waals surface area contributed by atoms with Gasteiger partial charge in [-0.15, -0.1) is 0 Å². The number of nitrogens with one attached hydrogen (secondary N) is 1. The van der Waals surface area contributed by atoms with Crippen molar-refractivity contribution in [1.82, 2.24) is 10.2 Å². The highest BCUT2D eigenvalue weighted by atomic mass is 16.3. The third kappa shape index (κ3) is 3.87. The monoisotopic (exact) mass is 278 g/mol. The number of benzene rings is 1. The van der Waals surface area contributed by atoms with Gasteiger partial charge in [0.25, 0.3) is 0 Å². The molecule has 0 aliphatic carbocycles. The van der Waals surface area contributed by atoms with E-state index in [0.717, 1.165) is 24.9 Å².